The van der Waals surface area contributed by atoms with Gasteiger partial charge in [0.15, 0.2) is 0 Å². The smallest absolute Gasteiger partial charge is 0.214 e. The van der Waals surface area contributed by atoms with Crippen molar-refractivity contribution in [3.63, 3.8) is 0 Å². The second-order valence-electron chi connectivity index (χ2n) is 4.97. The molecule has 19 heavy (non-hydrogen) atoms. The third kappa shape index (κ3) is 4.60. The topological polar surface area (TPSA) is 55.4 Å². The molecule has 0 amide bonds. The summed E-state index contributed by atoms with van der Waals surface area (Å²) in [6.45, 7) is 7.59. The lowest BCUT2D eigenvalue weighted by molar-refractivity contribution is 0.136. The summed E-state index contributed by atoms with van der Waals surface area (Å²) in [5.41, 5.74) is 3.22. The van der Waals surface area contributed by atoms with Crippen molar-refractivity contribution in [3.05, 3.63) is 34.9 Å². The molecule has 1 aromatic rings. The van der Waals surface area contributed by atoms with Crippen LogP contribution in [0.25, 0.3) is 0 Å². The predicted octanol–water partition coefficient (Wildman–Crippen LogP) is 2.32. The van der Waals surface area contributed by atoms with Gasteiger partial charge in [-0.15, -0.1) is 0 Å². The van der Waals surface area contributed by atoms with E-state index in [1.807, 2.05) is 39.0 Å². The molecule has 0 radical (unpaired) electrons. The standard InChI is InChI=1S/C14H23NO3S/c1-10-7-6-8-11(2)14(10)13(4)15-19(16,17)9-12(3)18-5/h6-8,12-13,15H,9H2,1-5H3/t12-,13+/m1/s1. The molecule has 0 aromatic heterocycles. The number of rotatable bonds is 6. The van der Waals surface area contributed by atoms with Crippen molar-refractivity contribution in [3.8, 4) is 0 Å². The molecule has 0 aliphatic heterocycles. The molecule has 0 bridgehead atoms. The van der Waals surface area contributed by atoms with Gasteiger partial charge < -0.3 is 4.74 Å². The van der Waals surface area contributed by atoms with E-state index >= 15 is 0 Å². The van der Waals surface area contributed by atoms with Crippen molar-refractivity contribution in [2.75, 3.05) is 12.9 Å². The van der Waals surface area contributed by atoms with Gasteiger partial charge in [0.2, 0.25) is 10.0 Å². The van der Waals surface area contributed by atoms with Crippen LogP contribution in [-0.2, 0) is 14.8 Å². The van der Waals surface area contributed by atoms with E-state index < -0.39 is 10.0 Å². The lowest BCUT2D eigenvalue weighted by atomic mass is 9.98. The molecule has 108 valence electrons. The maximum atomic E-state index is 12.0. The van der Waals surface area contributed by atoms with Gasteiger partial charge in [0, 0.05) is 13.2 Å². The summed E-state index contributed by atoms with van der Waals surface area (Å²) in [5, 5.41) is 0. The van der Waals surface area contributed by atoms with Crippen LogP contribution in [0.5, 0.6) is 0 Å². The molecule has 1 aromatic carbocycles. The van der Waals surface area contributed by atoms with E-state index in [1.54, 1.807) is 6.92 Å². The number of nitrogens with one attached hydrogen (secondary N) is 1. The summed E-state index contributed by atoms with van der Waals surface area (Å²) in [6, 6.07) is 5.72. The van der Waals surface area contributed by atoms with Crippen LogP contribution in [-0.4, -0.2) is 27.4 Å². The maximum Gasteiger partial charge on any atom is 0.214 e. The summed E-state index contributed by atoms with van der Waals surface area (Å²) in [6.07, 6.45) is -0.317. The van der Waals surface area contributed by atoms with Crippen molar-refractivity contribution < 1.29 is 13.2 Å². The van der Waals surface area contributed by atoms with Gasteiger partial charge in [0.1, 0.15) is 0 Å². The largest absolute Gasteiger partial charge is 0.381 e. The number of ether oxygens (including phenoxy) is 1. The molecule has 0 heterocycles. The van der Waals surface area contributed by atoms with Crippen LogP contribution in [0.2, 0.25) is 0 Å². The highest BCUT2D eigenvalue weighted by Crippen LogP contribution is 2.22. The van der Waals surface area contributed by atoms with Crippen molar-refractivity contribution >= 4 is 10.0 Å². The van der Waals surface area contributed by atoms with Crippen LogP contribution >= 0.6 is 0 Å². The summed E-state index contributed by atoms with van der Waals surface area (Å²) in [4.78, 5) is 0. The molecule has 1 N–H and O–H groups in total. The lowest BCUT2D eigenvalue weighted by Crippen LogP contribution is -2.34. The van der Waals surface area contributed by atoms with Crippen LogP contribution in [0, 0.1) is 13.8 Å². The molecule has 0 aliphatic rings. The average Bonchev–Trinajstić information content (AvgIpc) is 2.27. The molecule has 4 nitrogen and oxygen atoms in total. The summed E-state index contributed by atoms with van der Waals surface area (Å²) < 4.78 is 31.7. The van der Waals surface area contributed by atoms with Gasteiger partial charge in [-0.3, -0.25) is 0 Å². The Bertz CT molecular complexity index is 505. The summed E-state index contributed by atoms with van der Waals surface area (Å²) in [7, 11) is -1.84. The summed E-state index contributed by atoms with van der Waals surface area (Å²) >= 11 is 0. The van der Waals surface area contributed by atoms with Crippen molar-refractivity contribution in [2.24, 2.45) is 0 Å². The lowest BCUT2D eigenvalue weighted by Gasteiger charge is -2.20. The molecule has 0 unspecified atom stereocenters. The Morgan fingerprint density at radius 3 is 2.21 bits per heavy atom. The molecular weight excluding hydrogens is 262 g/mol. The Labute approximate surface area is 116 Å². The second-order valence-corrected chi connectivity index (χ2v) is 6.77. The Morgan fingerprint density at radius 2 is 1.74 bits per heavy atom. The van der Waals surface area contributed by atoms with E-state index in [0.29, 0.717) is 0 Å². The SMILES string of the molecule is CO[C@H](C)CS(=O)(=O)N[C@@H](C)c1c(C)cccc1C. The fourth-order valence-electron chi connectivity index (χ4n) is 2.26. The van der Waals surface area contributed by atoms with Gasteiger partial charge in [-0.05, 0) is 44.4 Å². The van der Waals surface area contributed by atoms with E-state index in [2.05, 4.69) is 4.72 Å². The maximum absolute atomic E-state index is 12.0. The molecule has 5 heteroatoms. The third-order valence-electron chi connectivity index (χ3n) is 3.19. The minimum Gasteiger partial charge on any atom is -0.381 e. The number of hydrogen-bond acceptors (Lipinski definition) is 3. The van der Waals surface area contributed by atoms with Gasteiger partial charge >= 0.3 is 0 Å². The monoisotopic (exact) mass is 285 g/mol. The normalized spacial score (nSPS) is 15.2. The highest BCUT2D eigenvalue weighted by Gasteiger charge is 2.20. The first kappa shape index (κ1) is 16.1. The third-order valence-corrected chi connectivity index (χ3v) is 4.81. The molecule has 2 atom stereocenters. The number of methoxy groups -OCH3 is 1. The Hall–Kier alpha value is -0.910. The number of hydrogen-bond donors (Lipinski definition) is 1. The van der Waals surface area contributed by atoms with Gasteiger partial charge in [0.25, 0.3) is 0 Å². The zero-order chi connectivity index (χ0) is 14.6. The highest BCUT2D eigenvalue weighted by atomic mass is 32.2. The fourth-order valence-corrected chi connectivity index (χ4v) is 3.77. The van der Waals surface area contributed by atoms with Crippen LogP contribution in [0.4, 0.5) is 0 Å². The number of sulfonamides is 1. The predicted molar refractivity (Wildman–Crippen MR) is 77.7 cm³/mol. The van der Waals surface area contributed by atoms with Crippen molar-refractivity contribution in [2.45, 2.75) is 39.8 Å². The molecule has 1 rings (SSSR count). The summed E-state index contributed by atoms with van der Waals surface area (Å²) in [5.74, 6) is -0.0290. The van der Waals surface area contributed by atoms with Gasteiger partial charge in [-0.2, -0.15) is 0 Å². The zero-order valence-corrected chi connectivity index (χ0v) is 13.0. The van der Waals surface area contributed by atoms with Gasteiger partial charge in [-0.25, -0.2) is 13.1 Å². The number of aryl methyl sites for hydroxylation is 2. The molecule has 0 aliphatic carbocycles. The first-order valence-electron chi connectivity index (χ1n) is 6.35. The van der Waals surface area contributed by atoms with E-state index in [9.17, 15) is 8.42 Å². The molecule has 0 spiro atoms. The van der Waals surface area contributed by atoms with E-state index in [-0.39, 0.29) is 17.9 Å². The Kier molecular flexibility index (Phi) is 5.52. The van der Waals surface area contributed by atoms with Gasteiger partial charge in [0.05, 0.1) is 11.9 Å². The Morgan fingerprint density at radius 1 is 1.21 bits per heavy atom. The zero-order valence-electron chi connectivity index (χ0n) is 12.2. The quantitative estimate of drug-likeness (QED) is 0.872. The minimum atomic E-state index is -3.35. The first-order valence-corrected chi connectivity index (χ1v) is 8.01. The Balaban J connectivity index is 2.88. The van der Waals surface area contributed by atoms with E-state index in [1.165, 1.54) is 7.11 Å². The van der Waals surface area contributed by atoms with Crippen LogP contribution in [0.15, 0.2) is 18.2 Å². The highest BCUT2D eigenvalue weighted by molar-refractivity contribution is 7.89. The van der Waals surface area contributed by atoms with Crippen LogP contribution in [0.3, 0.4) is 0 Å². The molecular formula is C14H23NO3S. The van der Waals surface area contributed by atoms with Gasteiger partial charge in [-0.1, -0.05) is 18.2 Å². The van der Waals surface area contributed by atoms with Crippen LogP contribution in [0.1, 0.15) is 36.6 Å². The second kappa shape index (κ2) is 6.50. The molecule has 0 fully saturated rings. The average molecular weight is 285 g/mol. The van der Waals surface area contributed by atoms with E-state index in [4.69, 9.17) is 4.74 Å². The minimum absolute atomic E-state index is 0.0290. The van der Waals surface area contributed by atoms with Crippen molar-refractivity contribution in [1.82, 2.24) is 4.72 Å². The van der Waals surface area contributed by atoms with Crippen molar-refractivity contribution in [1.29, 1.82) is 0 Å². The van der Waals surface area contributed by atoms with E-state index in [0.717, 1.165) is 16.7 Å². The molecule has 0 saturated carbocycles. The fraction of sp³-hybridized carbons (Fsp3) is 0.571. The number of benzene rings is 1. The first-order chi connectivity index (χ1) is 8.76. The molecule has 0 saturated heterocycles. The van der Waals surface area contributed by atoms with Crippen LogP contribution < -0.4 is 4.72 Å².